The molecule has 1 atom stereocenters. The molecule has 13 heteroatoms. The highest BCUT2D eigenvalue weighted by Crippen LogP contribution is 2.30. The lowest BCUT2D eigenvalue weighted by atomic mass is 10.00. The Morgan fingerprint density at radius 1 is 1.04 bits per heavy atom. The largest absolute Gasteiger partial charge is 0.450 e. The number of nitrogens with zero attached hydrogens (tertiary/aromatic N) is 3. The Hall–Kier alpha value is -4.70. The predicted molar refractivity (Wildman–Crippen MR) is 174 cm³/mol. The fourth-order valence-corrected chi connectivity index (χ4v) is 5.25. The van der Waals surface area contributed by atoms with Crippen molar-refractivity contribution in [2.45, 2.75) is 51.3 Å². The van der Waals surface area contributed by atoms with Crippen LogP contribution in [0.2, 0.25) is 25.7 Å². The molecule has 0 fully saturated rings. The van der Waals surface area contributed by atoms with Crippen LogP contribution in [-0.2, 0) is 22.5 Å². The van der Waals surface area contributed by atoms with Gasteiger partial charge in [-0.25, -0.2) is 9.18 Å². The van der Waals surface area contributed by atoms with E-state index in [9.17, 15) is 28.0 Å². The van der Waals surface area contributed by atoms with E-state index in [1.54, 1.807) is 43.4 Å². The number of nitrogens with one attached hydrogen (secondary N) is 1. The summed E-state index contributed by atoms with van der Waals surface area (Å²) < 4.78 is 50.5. The first-order valence-corrected chi connectivity index (χ1v) is 18.4. The standard InChI is InChI=1S/C33H40F3N5O4Si/c1-40(33(43)44-15-16-46(3,4)5)14-13-22-7-6-8-24(17-22)29(39-27-11-9-23(20-37)10-12-27)31(42)41(2)21-25-18-26(38)19-28(34)30(25)45-32(35)36/h6-12,17-19,29,32,39H,13-16,21,38H2,1-5H3. The summed E-state index contributed by atoms with van der Waals surface area (Å²) in [5, 5.41) is 12.4. The molecule has 0 bridgehead atoms. The SMILES string of the molecule is CN(CCc1cccc(C(Nc2ccc(C#N)cc2)C(=O)N(C)Cc2cc(N)cc(F)c2OC(F)F)c1)C(=O)OCC[Si](C)(C)C. The number of ether oxygens (including phenoxy) is 2. The van der Waals surface area contributed by atoms with Gasteiger partial charge in [0.2, 0.25) is 5.91 Å². The Kier molecular flexibility index (Phi) is 12.5. The Labute approximate surface area is 268 Å². The van der Waals surface area contributed by atoms with Crippen LogP contribution < -0.4 is 15.8 Å². The maximum atomic E-state index is 14.5. The lowest BCUT2D eigenvalue weighted by Gasteiger charge is -2.27. The van der Waals surface area contributed by atoms with E-state index in [1.807, 2.05) is 18.2 Å². The Morgan fingerprint density at radius 3 is 2.37 bits per heavy atom. The summed E-state index contributed by atoms with van der Waals surface area (Å²) in [7, 11) is 1.78. The number of anilines is 2. The molecular formula is C33H40F3N5O4Si. The van der Waals surface area contributed by atoms with Crippen LogP contribution in [0.25, 0.3) is 0 Å². The molecule has 0 radical (unpaired) electrons. The highest BCUT2D eigenvalue weighted by Gasteiger charge is 2.27. The zero-order valence-electron chi connectivity index (χ0n) is 26.6. The highest BCUT2D eigenvalue weighted by molar-refractivity contribution is 6.76. The molecule has 46 heavy (non-hydrogen) atoms. The van der Waals surface area contributed by atoms with Gasteiger partial charge in [-0.2, -0.15) is 14.0 Å². The van der Waals surface area contributed by atoms with Crippen molar-refractivity contribution < 1.29 is 32.2 Å². The number of nitrogen functional groups attached to an aromatic ring is 1. The maximum Gasteiger partial charge on any atom is 0.409 e. The summed E-state index contributed by atoms with van der Waals surface area (Å²) in [6, 6.07) is 17.9. The molecular weight excluding hydrogens is 615 g/mol. The molecule has 3 aromatic carbocycles. The van der Waals surface area contributed by atoms with E-state index in [4.69, 9.17) is 10.5 Å². The minimum absolute atomic E-state index is 0.0140. The van der Waals surface area contributed by atoms with Crippen LogP contribution in [-0.4, -0.2) is 63.7 Å². The van der Waals surface area contributed by atoms with Crippen LogP contribution in [0.15, 0.2) is 60.7 Å². The fourth-order valence-electron chi connectivity index (χ4n) is 4.53. The number of benzene rings is 3. The molecule has 0 saturated heterocycles. The molecule has 246 valence electrons. The van der Waals surface area contributed by atoms with E-state index in [-0.39, 0.29) is 17.8 Å². The van der Waals surface area contributed by atoms with Crippen molar-refractivity contribution >= 4 is 31.4 Å². The van der Waals surface area contributed by atoms with Crippen molar-refractivity contribution in [1.29, 1.82) is 5.26 Å². The van der Waals surface area contributed by atoms with Crippen molar-refractivity contribution in [3.8, 4) is 11.8 Å². The average Bonchev–Trinajstić information content (AvgIpc) is 2.99. The van der Waals surface area contributed by atoms with Gasteiger partial charge in [0.05, 0.1) is 18.2 Å². The quantitative estimate of drug-likeness (QED) is 0.148. The summed E-state index contributed by atoms with van der Waals surface area (Å²) in [5.41, 5.74) is 8.14. The molecule has 9 nitrogen and oxygen atoms in total. The van der Waals surface area contributed by atoms with Crippen LogP contribution in [0.1, 0.15) is 28.3 Å². The van der Waals surface area contributed by atoms with E-state index in [0.717, 1.165) is 17.7 Å². The number of hydrogen-bond donors (Lipinski definition) is 2. The van der Waals surface area contributed by atoms with E-state index < -0.39 is 44.3 Å². The van der Waals surface area contributed by atoms with Crippen LogP contribution in [0.5, 0.6) is 5.75 Å². The summed E-state index contributed by atoms with van der Waals surface area (Å²) in [5.74, 6) is -2.22. The minimum atomic E-state index is -3.28. The van der Waals surface area contributed by atoms with Gasteiger partial charge in [0.15, 0.2) is 11.6 Å². The number of hydrogen-bond acceptors (Lipinski definition) is 7. The zero-order chi connectivity index (χ0) is 34.0. The molecule has 0 saturated carbocycles. The number of nitriles is 1. The molecule has 0 heterocycles. The number of alkyl halides is 2. The molecule has 3 rings (SSSR count). The summed E-state index contributed by atoms with van der Waals surface area (Å²) >= 11 is 0. The van der Waals surface area contributed by atoms with Gasteiger partial charge in [0, 0.05) is 58.3 Å². The van der Waals surface area contributed by atoms with Crippen molar-refractivity contribution in [1.82, 2.24) is 9.80 Å². The topological polar surface area (TPSA) is 121 Å². The van der Waals surface area contributed by atoms with Crippen molar-refractivity contribution in [2.75, 3.05) is 38.3 Å². The zero-order valence-corrected chi connectivity index (χ0v) is 27.6. The van der Waals surface area contributed by atoms with Crippen molar-refractivity contribution in [3.63, 3.8) is 0 Å². The number of rotatable bonds is 14. The molecule has 1 unspecified atom stereocenters. The summed E-state index contributed by atoms with van der Waals surface area (Å²) in [4.78, 5) is 29.2. The van der Waals surface area contributed by atoms with Gasteiger partial charge < -0.3 is 30.3 Å². The average molecular weight is 656 g/mol. The van der Waals surface area contributed by atoms with Crippen LogP contribution >= 0.6 is 0 Å². The normalized spacial score (nSPS) is 11.8. The second-order valence-electron chi connectivity index (χ2n) is 12.2. The Bertz CT molecular complexity index is 1540. The number of nitrogens with two attached hydrogens (primary N) is 1. The van der Waals surface area contributed by atoms with Gasteiger partial charge in [-0.1, -0.05) is 43.9 Å². The minimum Gasteiger partial charge on any atom is -0.450 e. The van der Waals surface area contributed by atoms with Crippen molar-refractivity contribution in [2.24, 2.45) is 0 Å². The lowest BCUT2D eigenvalue weighted by Crippen LogP contribution is -2.35. The number of carbonyl (C=O) groups is 2. The number of amides is 2. The Balaban J connectivity index is 1.84. The van der Waals surface area contributed by atoms with E-state index in [1.165, 1.54) is 22.9 Å². The maximum absolute atomic E-state index is 14.5. The molecule has 0 aliphatic heterocycles. The highest BCUT2D eigenvalue weighted by atomic mass is 28.3. The third-order valence-corrected chi connectivity index (χ3v) is 8.82. The summed E-state index contributed by atoms with van der Waals surface area (Å²) in [6.07, 6.45) is 0.0811. The third kappa shape index (κ3) is 10.7. The molecule has 0 aliphatic rings. The second kappa shape index (κ2) is 16.0. The third-order valence-electron chi connectivity index (χ3n) is 7.12. The first-order valence-electron chi connectivity index (χ1n) is 14.7. The van der Waals surface area contributed by atoms with Crippen molar-refractivity contribution in [3.05, 3.63) is 88.7 Å². The molecule has 3 N–H and O–H groups in total. The van der Waals surface area contributed by atoms with Crippen LogP contribution in [0.4, 0.5) is 29.3 Å². The van der Waals surface area contributed by atoms with E-state index >= 15 is 0 Å². The predicted octanol–water partition coefficient (Wildman–Crippen LogP) is 6.64. The second-order valence-corrected chi connectivity index (χ2v) is 17.8. The van der Waals surface area contributed by atoms with E-state index in [2.05, 4.69) is 29.7 Å². The van der Waals surface area contributed by atoms with E-state index in [0.29, 0.717) is 36.4 Å². The van der Waals surface area contributed by atoms with Gasteiger partial charge >= 0.3 is 12.7 Å². The monoisotopic (exact) mass is 655 g/mol. The van der Waals surface area contributed by atoms with Gasteiger partial charge in [-0.3, -0.25) is 4.79 Å². The first kappa shape index (κ1) is 35.8. The number of halogens is 3. The Morgan fingerprint density at radius 2 is 1.74 bits per heavy atom. The van der Waals surface area contributed by atoms with Crippen LogP contribution in [0.3, 0.4) is 0 Å². The number of likely N-dealkylation sites (N-methyl/N-ethyl adjacent to an activating group) is 2. The number of carbonyl (C=O) groups excluding carboxylic acids is 2. The van der Waals surface area contributed by atoms with Gasteiger partial charge in [-0.15, -0.1) is 0 Å². The fraction of sp³-hybridized carbons (Fsp3) is 0.364. The smallest absolute Gasteiger partial charge is 0.409 e. The first-order chi connectivity index (χ1) is 21.7. The molecule has 0 spiro atoms. The lowest BCUT2D eigenvalue weighted by molar-refractivity contribution is -0.131. The van der Waals surface area contributed by atoms with Gasteiger partial charge in [-0.05, 0) is 53.9 Å². The van der Waals surface area contributed by atoms with Crippen LogP contribution in [0, 0.1) is 17.1 Å². The van der Waals surface area contributed by atoms with Gasteiger partial charge in [0.25, 0.3) is 0 Å². The summed E-state index contributed by atoms with van der Waals surface area (Å²) in [6.45, 7) is 3.83. The molecule has 0 aromatic heterocycles. The molecule has 0 aliphatic carbocycles. The molecule has 3 aromatic rings. The van der Waals surface area contributed by atoms with Gasteiger partial charge in [0.1, 0.15) is 6.04 Å². The molecule has 2 amide bonds.